The average molecular weight is 561 g/mol. The number of rotatable bonds is 6. The van der Waals surface area contributed by atoms with E-state index >= 15 is 0 Å². The van der Waals surface area contributed by atoms with Crippen molar-refractivity contribution in [2.24, 2.45) is 5.92 Å². The maximum Gasteiger partial charge on any atom is 0.252 e. The molecule has 1 aliphatic heterocycles. The molecule has 0 aliphatic carbocycles. The zero-order valence-electron chi connectivity index (χ0n) is 19.8. The standard InChI is InChI=1S/C25H25ClN4O3S3/c1-16-11-17(2)23-20(12-16)34-25(28-23)30(14-18-5-3-9-27-13-18)24(31)19-6-4-10-29(15-19)36(32,33)22-8-7-21(26)35-22/h3,5,7-9,11-13,19H,4,6,10,14-15H2,1-2H3. The second-order valence-corrected chi connectivity index (χ2v) is 13.9. The number of hydrogen-bond acceptors (Lipinski definition) is 7. The monoisotopic (exact) mass is 560 g/mol. The van der Waals surface area contributed by atoms with E-state index in [-0.39, 0.29) is 16.7 Å². The van der Waals surface area contributed by atoms with Gasteiger partial charge in [-0.15, -0.1) is 11.3 Å². The van der Waals surface area contributed by atoms with Gasteiger partial charge in [0.15, 0.2) is 5.13 Å². The Morgan fingerprint density at radius 2 is 2.06 bits per heavy atom. The zero-order valence-corrected chi connectivity index (χ0v) is 23.1. The number of pyridine rings is 1. The van der Waals surface area contributed by atoms with Crippen LogP contribution in [0.15, 0.2) is 53.0 Å². The van der Waals surface area contributed by atoms with Gasteiger partial charge < -0.3 is 0 Å². The number of aryl methyl sites for hydroxylation is 2. The number of thiophene rings is 1. The van der Waals surface area contributed by atoms with Crippen LogP contribution in [0.5, 0.6) is 0 Å². The van der Waals surface area contributed by atoms with Crippen LogP contribution in [0.1, 0.15) is 29.5 Å². The van der Waals surface area contributed by atoms with Gasteiger partial charge in [0, 0.05) is 25.5 Å². The number of thiazole rings is 1. The van der Waals surface area contributed by atoms with Crippen molar-refractivity contribution in [2.75, 3.05) is 18.0 Å². The predicted octanol–water partition coefficient (Wildman–Crippen LogP) is 5.66. The number of fused-ring (bicyclic) bond motifs is 1. The van der Waals surface area contributed by atoms with Crippen LogP contribution in [-0.4, -0.2) is 41.7 Å². The predicted molar refractivity (Wildman–Crippen MR) is 145 cm³/mol. The third kappa shape index (κ3) is 5.05. The van der Waals surface area contributed by atoms with E-state index in [4.69, 9.17) is 16.6 Å². The highest BCUT2D eigenvalue weighted by atomic mass is 35.5. The van der Waals surface area contributed by atoms with Gasteiger partial charge in [-0.2, -0.15) is 4.31 Å². The summed E-state index contributed by atoms with van der Waals surface area (Å²) in [6.07, 6.45) is 4.65. The molecule has 5 rings (SSSR count). The second kappa shape index (κ2) is 10.2. The minimum atomic E-state index is -3.71. The second-order valence-electron chi connectivity index (χ2n) is 8.97. The van der Waals surface area contributed by atoms with Crippen molar-refractivity contribution in [3.05, 3.63) is 69.8 Å². The molecular weight excluding hydrogens is 536 g/mol. The van der Waals surface area contributed by atoms with Gasteiger partial charge in [0.1, 0.15) is 4.21 Å². The van der Waals surface area contributed by atoms with Gasteiger partial charge in [0.2, 0.25) is 5.91 Å². The quantitative estimate of drug-likeness (QED) is 0.304. The number of aromatic nitrogens is 2. The number of carbonyl (C=O) groups is 1. The van der Waals surface area contributed by atoms with Crippen LogP contribution in [0, 0.1) is 19.8 Å². The van der Waals surface area contributed by atoms with Gasteiger partial charge in [0.25, 0.3) is 10.0 Å². The third-order valence-corrected chi connectivity index (χ3v) is 10.8. The molecule has 188 valence electrons. The molecule has 3 aromatic heterocycles. The Balaban J connectivity index is 1.47. The van der Waals surface area contributed by atoms with Crippen molar-refractivity contribution in [1.29, 1.82) is 0 Å². The number of sulfonamides is 1. The van der Waals surface area contributed by atoms with Crippen molar-refractivity contribution in [3.63, 3.8) is 0 Å². The SMILES string of the molecule is Cc1cc(C)c2nc(N(Cc3cccnc3)C(=O)C3CCCN(S(=O)(=O)c4ccc(Cl)s4)C3)sc2c1. The summed E-state index contributed by atoms with van der Waals surface area (Å²) in [7, 11) is -3.71. The largest absolute Gasteiger partial charge is 0.283 e. The molecule has 1 aromatic carbocycles. The van der Waals surface area contributed by atoms with Gasteiger partial charge in [-0.05, 0) is 67.6 Å². The molecule has 7 nitrogen and oxygen atoms in total. The minimum Gasteiger partial charge on any atom is -0.283 e. The van der Waals surface area contributed by atoms with Gasteiger partial charge >= 0.3 is 0 Å². The molecule has 4 heterocycles. The Bertz CT molecular complexity index is 1520. The zero-order chi connectivity index (χ0) is 25.4. The van der Waals surface area contributed by atoms with Crippen molar-refractivity contribution in [2.45, 2.75) is 37.4 Å². The van der Waals surface area contributed by atoms with Crippen LogP contribution in [0.2, 0.25) is 4.34 Å². The fourth-order valence-electron chi connectivity index (χ4n) is 4.53. The van der Waals surface area contributed by atoms with Crippen LogP contribution in [-0.2, 0) is 21.4 Å². The lowest BCUT2D eigenvalue weighted by Crippen LogP contribution is -2.46. The molecule has 0 radical (unpaired) electrons. The van der Waals surface area contributed by atoms with Crippen molar-refractivity contribution in [1.82, 2.24) is 14.3 Å². The molecule has 0 bridgehead atoms. The lowest BCUT2D eigenvalue weighted by atomic mass is 9.98. The van der Waals surface area contributed by atoms with Crippen LogP contribution >= 0.6 is 34.3 Å². The third-order valence-electron chi connectivity index (χ3n) is 6.26. The van der Waals surface area contributed by atoms with Crippen molar-refractivity contribution in [3.8, 4) is 0 Å². The first-order valence-electron chi connectivity index (χ1n) is 11.6. The molecule has 1 atom stereocenters. The van der Waals surface area contributed by atoms with Gasteiger partial charge in [0.05, 0.1) is 27.0 Å². The summed E-state index contributed by atoms with van der Waals surface area (Å²) in [5, 5.41) is 0.609. The molecule has 0 spiro atoms. The first-order chi connectivity index (χ1) is 17.2. The summed E-state index contributed by atoms with van der Waals surface area (Å²) in [6, 6.07) is 11.0. The molecule has 36 heavy (non-hydrogen) atoms. The Morgan fingerprint density at radius 1 is 1.22 bits per heavy atom. The molecule has 1 aliphatic rings. The number of piperidine rings is 1. The molecule has 1 fully saturated rings. The first-order valence-corrected chi connectivity index (χ1v) is 15.0. The Kier molecular flexibility index (Phi) is 7.15. The summed E-state index contributed by atoms with van der Waals surface area (Å²) < 4.78 is 29.5. The van der Waals surface area contributed by atoms with Gasteiger partial charge in [-0.3, -0.25) is 14.7 Å². The summed E-state index contributed by atoms with van der Waals surface area (Å²) in [5.74, 6) is -0.605. The average Bonchev–Trinajstić information content (AvgIpc) is 3.50. The first kappa shape index (κ1) is 25.3. The molecular formula is C25H25ClN4O3S3. The van der Waals surface area contributed by atoms with E-state index in [0.717, 1.165) is 38.2 Å². The van der Waals surface area contributed by atoms with Gasteiger partial charge in [-0.25, -0.2) is 13.4 Å². The number of amides is 1. The fraction of sp³-hybridized carbons (Fsp3) is 0.320. The summed E-state index contributed by atoms with van der Waals surface area (Å²) in [6.45, 7) is 4.89. The van der Waals surface area contributed by atoms with E-state index < -0.39 is 15.9 Å². The smallest absolute Gasteiger partial charge is 0.252 e. The van der Waals surface area contributed by atoms with Crippen LogP contribution < -0.4 is 4.90 Å². The van der Waals surface area contributed by atoms with Crippen molar-refractivity contribution < 1.29 is 13.2 Å². The molecule has 1 amide bonds. The van der Waals surface area contributed by atoms with E-state index in [1.165, 1.54) is 21.7 Å². The highest BCUT2D eigenvalue weighted by molar-refractivity contribution is 7.91. The Hall–Kier alpha value is -2.37. The van der Waals surface area contributed by atoms with Gasteiger partial charge in [-0.1, -0.05) is 35.1 Å². The molecule has 0 saturated carbocycles. The summed E-state index contributed by atoms with van der Waals surface area (Å²) in [4.78, 5) is 24.7. The molecule has 4 aromatic rings. The number of nitrogens with zero attached hydrogens (tertiary/aromatic N) is 4. The summed E-state index contributed by atoms with van der Waals surface area (Å²) >= 11 is 8.50. The lowest BCUT2D eigenvalue weighted by Gasteiger charge is -2.33. The number of halogens is 1. The lowest BCUT2D eigenvalue weighted by molar-refractivity contribution is -0.123. The highest BCUT2D eigenvalue weighted by Crippen LogP contribution is 2.35. The van der Waals surface area contributed by atoms with Crippen LogP contribution in [0.3, 0.4) is 0 Å². The number of carbonyl (C=O) groups excluding carboxylic acids is 1. The minimum absolute atomic E-state index is 0.128. The molecule has 1 saturated heterocycles. The molecule has 0 N–H and O–H groups in total. The van der Waals surface area contributed by atoms with E-state index in [1.54, 1.807) is 23.4 Å². The van der Waals surface area contributed by atoms with E-state index in [2.05, 4.69) is 17.1 Å². The maximum absolute atomic E-state index is 14.0. The van der Waals surface area contributed by atoms with E-state index in [0.29, 0.717) is 35.4 Å². The van der Waals surface area contributed by atoms with E-state index in [1.807, 2.05) is 26.0 Å². The van der Waals surface area contributed by atoms with Crippen LogP contribution in [0.25, 0.3) is 10.2 Å². The maximum atomic E-state index is 14.0. The highest BCUT2D eigenvalue weighted by Gasteiger charge is 2.37. The fourth-order valence-corrected chi connectivity index (χ4v) is 8.84. The summed E-state index contributed by atoms with van der Waals surface area (Å²) in [5.41, 5.74) is 3.96. The number of benzene rings is 1. The Morgan fingerprint density at radius 3 is 2.78 bits per heavy atom. The molecule has 11 heteroatoms. The number of hydrogen-bond donors (Lipinski definition) is 0. The number of anilines is 1. The molecule has 1 unspecified atom stereocenters. The Labute approximate surface area is 223 Å². The van der Waals surface area contributed by atoms with E-state index in [9.17, 15) is 13.2 Å². The topological polar surface area (TPSA) is 83.5 Å². The van der Waals surface area contributed by atoms with Crippen LogP contribution in [0.4, 0.5) is 5.13 Å². The normalized spacial score (nSPS) is 16.9. The van der Waals surface area contributed by atoms with Crippen molar-refractivity contribution >= 4 is 65.6 Å².